The summed E-state index contributed by atoms with van der Waals surface area (Å²) >= 11 is 0. The predicted molar refractivity (Wildman–Crippen MR) is 111 cm³/mol. The molecule has 4 nitrogen and oxygen atoms in total. The molecule has 0 aromatic rings. The Morgan fingerprint density at radius 2 is 0.808 bits per heavy atom. The zero-order valence-electron chi connectivity index (χ0n) is 17.5. The van der Waals surface area contributed by atoms with E-state index >= 15 is 0 Å². The highest BCUT2D eigenvalue weighted by Gasteiger charge is 2.16. The van der Waals surface area contributed by atoms with Crippen molar-refractivity contribution in [2.24, 2.45) is 0 Å². The van der Waals surface area contributed by atoms with E-state index in [0.29, 0.717) is 0 Å². The molecule has 0 rings (SSSR count). The summed E-state index contributed by atoms with van der Waals surface area (Å²) in [4.78, 5) is 0. The van der Waals surface area contributed by atoms with Crippen molar-refractivity contribution in [1.29, 1.82) is 0 Å². The van der Waals surface area contributed by atoms with Gasteiger partial charge in [0.25, 0.3) is 5.97 Å². The van der Waals surface area contributed by atoms with Crippen LogP contribution < -0.4 is 5.32 Å². The molecule has 0 saturated carbocycles. The molecular formula is C22H47NO3. The van der Waals surface area contributed by atoms with Crippen LogP contribution in [0.3, 0.4) is 0 Å². The Kier molecular flexibility index (Phi) is 19.5. The van der Waals surface area contributed by atoms with Crippen LogP contribution in [0.1, 0.15) is 122 Å². The molecule has 158 valence electrons. The van der Waals surface area contributed by atoms with Crippen LogP contribution in [0.15, 0.2) is 0 Å². The van der Waals surface area contributed by atoms with Gasteiger partial charge in [0.15, 0.2) is 0 Å². The van der Waals surface area contributed by atoms with Gasteiger partial charge in [0.05, 0.1) is 6.54 Å². The topological polar surface area (TPSA) is 72.7 Å². The number of hydrogen-bond acceptors (Lipinski definition) is 4. The third-order valence-electron chi connectivity index (χ3n) is 5.07. The Bertz CT molecular complexity index is 267. The minimum absolute atomic E-state index is 0.189. The van der Waals surface area contributed by atoms with Gasteiger partial charge in [-0.05, 0) is 13.0 Å². The van der Waals surface area contributed by atoms with E-state index in [1.165, 1.54) is 109 Å². The number of aliphatic hydroxyl groups is 3. The molecular weight excluding hydrogens is 326 g/mol. The fourth-order valence-corrected chi connectivity index (χ4v) is 3.41. The smallest absolute Gasteiger partial charge is 0.288 e. The van der Waals surface area contributed by atoms with Crippen molar-refractivity contribution in [2.75, 3.05) is 13.1 Å². The molecule has 0 atom stereocenters. The van der Waals surface area contributed by atoms with Crippen molar-refractivity contribution in [3.05, 3.63) is 0 Å². The van der Waals surface area contributed by atoms with Gasteiger partial charge < -0.3 is 20.6 Å². The SMILES string of the molecule is CCCCCCCCCCCCCCCCCCCCNCC(O)(O)O. The van der Waals surface area contributed by atoms with Gasteiger partial charge >= 0.3 is 0 Å². The molecule has 0 aliphatic rings. The first kappa shape index (κ1) is 25.8. The highest BCUT2D eigenvalue weighted by molar-refractivity contribution is 4.55. The van der Waals surface area contributed by atoms with Crippen molar-refractivity contribution >= 4 is 0 Å². The lowest BCUT2D eigenvalue weighted by Gasteiger charge is -2.14. The summed E-state index contributed by atoms with van der Waals surface area (Å²) < 4.78 is 0. The Morgan fingerprint density at radius 3 is 1.12 bits per heavy atom. The molecule has 0 bridgehead atoms. The van der Waals surface area contributed by atoms with Crippen molar-refractivity contribution in [2.45, 2.75) is 128 Å². The number of nitrogens with one attached hydrogen (secondary N) is 1. The van der Waals surface area contributed by atoms with E-state index in [-0.39, 0.29) is 6.54 Å². The number of unbranched alkanes of at least 4 members (excludes halogenated alkanes) is 17. The summed E-state index contributed by atoms with van der Waals surface area (Å²) in [5.74, 6) is -2.58. The molecule has 0 aromatic carbocycles. The summed E-state index contributed by atoms with van der Waals surface area (Å²) in [5, 5.41) is 29.0. The molecule has 0 aliphatic carbocycles. The fourth-order valence-electron chi connectivity index (χ4n) is 3.41. The summed E-state index contributed by atoms with van der Waals surface area (Å²) in [5.41, 5.74) is 0. The lowest BCUT2D eigenvalue weighted by atomic mass is 10.0. The van der Waals surface area contributed by atoms with Crippen LogP contribution in [-0.4, -0.2) is 34.4 Å². The van der Waals surface area contributed by atoms with Crippen LogP contribution >= 0.6 is 0 Å². The summed E-state index contributed by atoms with van der Waals surface area (Å²) in [6.45, 7) is 2.81. The van der Waals surface area contributed by atoms with Crippen molar-refractivity contribution in [1.82, 2.24) is 5.32 Å². The number of hydrogen-bond donors (Lipinski definition) is 4. The van der Waals surface area contributed by atoms with E-state index in [0.717, 1.165) is 13.0 Å². The third kappa shape index (κ3) is 23.8. The minimum atomic E-state index is -2.58. The van der Waals surface area contributed by atoms with Gasteiger partial charge in [-0.1, -0.05) is 116 Å². The average Bonchev–Trinajstić information content (AvgIpc) is 2.59. The van der Waals surface area contributed by atoms with E-state index in [1.54, 1.807) is 0 Å². The van der Waals surface area contributed by atoms with Gasteiger partial charge in [0, 0.05) is 0 Å². The summed E-state index contributed by atoms with van der Waals surface area (Å²) in [6.07, 6.45) is 24.5. The van der Waals surface area contributed by atoms with Crippen molar-refractivity contribution < 1.29 is 15.3 Å². The lowest BCUT2D eigenvalue weighted by Crippen LogP contribution is -2.40. The maximum absolute atomic E-state index is 8.72. The van der Waals surface area contributed by atoms with Crippen molar-refractivity contribution in [3.63, 3.8) is 0 Å². The van der Waals surface area contributed by atoms with Gasteiger partial charge in [-0.2, -0.15) is 0 Å². The van der Waals surface area contributed by atoms with E-state index in [4.69, 9.17) is 15.3 Å². The van der Waals surface area contributed by atoms with E-state index in [9.17, 15) is 0 Å². The predicted octanol–water partition coefficient (Wildman–Crippen LogP) is 5.25. The third-order valence-corrected chi connectivity index (χ3v) is 5.07. The largest absolute Gasteiger partial charge is 0.343 e. The molecule has 26 heavy (non-hydrogen) atoms. The Balaban J connectivity index is 3.01. The quantitative estimate of drug-likeness (QED) is 0.164. The normalized spacial score (nSPS) is 12.0. The van der Waals surface area contributed by atoms with Gasteiger partial charge in [0.2, 0.25) is 0 Å². The molecule has 0 unspecified atom stereocenters. The summed E-state index contributed by atoms with van der Waals surface area (Å²) in [7, 11) is 0. The van der Waals surface area contributed by atoms with Crippen LogP contribution in [0.4, 0.5) is 0 Å². The van der Waals surface area contributed by atoms with Crippen LogP contribution in [-0.2, 0) is 0 Å². The molecule has 0 radical (unpaired) electrons. The fraction of sp³-hybridized carbons (Fsp3) is 1.00. The Labute approximate surface area is 162 Å². The first-order chi connectivity index (χ1) is 12.6. The minimum Gasteiger partial charge on any atom is -0.343 e. The van der Waals surface area contributed by atoms with Gasteiger partial charge in [-0.15, -0.1) is 0 Å². The first-order valence-corrected chi connectivity index (χ1v) is 11.4. The zero-order chi connectivity index (χ0) is 19.3. The second-order valence-corrected chi connectivity index (χ2v) is 7.96. The molecule has 0 aliphatic heterocycles. The zero-order valence-corrected chi connectivity index (χ0v) is 17.5. The van der Waals surface area contributed by atoms with Crippen LogP contribution in [0.2, 0.25) is 0 Å². The van der Waals surface area contributed by atoms with Gasteiger partial charge in [-0.3, -0.25) is 0 Å². The number of rotatable bonds is 21. The highest BCUT2D eigenvalue weighted by Crippen LogP contribution is 2.14. The maximum atomic E-state index is 8.72. The molecule has 0 aromatic heterocycles. The molecule has 0 saturated heterocycles. The molecule has 0 fully saturated rings. The van der Waals surface area contributed by atoms with Crippen LogP contribution in [0, 0.1) is 0 Å². The molecule has 0 spiro atoms. The van der Waals surface area contributed by atoms with Crippen molar-refractivity contribution in [3.8, 4) is 0 Å². The Hall–Kier alpha value is -0.160. The van der Waals surface area contributed by atoms with Gasteiger partial charge in [0.1, 0.15) is 0 Å². The molecule has 0 heterocycles. The summed E-state index contributed by atoms with van der Waals surface area (Å²) in [6, 6.07) is 0. The Morgan fingerprint density at radius 1 is 0.500 bits per heavy atom. The monoisotopic (exact) mass is 373 g/mol. The average molecular weight is 374 g/mol. The second-order valence-electron chi connectivity index (χ2n) is 7.96. The molecule has 4 N–H and O–H groups in total. The van der Waals surface area contributed by atoms with E-state index < -0.39 is 5.97 Å². The molecule has 0 amide bonds. The lowest BCUT2D eigenvalue weighted by molar-refractivity contribution is -0.306. The van der Waals surface area contributed by atoms with Gasteiger partial charge in [-0.25, -0.2) is 0 Å². The van der Waals surface area contributed by atoms with E-state index in [2.05, 4.69) is 12.2 Å². The molecule has 4 heteroatoms. The van der Waals surface area contributed by atoms with Crippen LogP contribution in [0.25, 0.3) is 0 Å². The standard InChI is InChI=1S/C22H47NO3/c1-2-3-4-5-6-7-8-9-10-11-12-13-14-15-16-17-18-19-20-23-21-22(24,25)26/h23-26H,2-21H2,1H3. The highest BCUT2D eigenvalue weighted by atomic mass is 16.7. The second kappa shape index (κ2) is 19.6. The maximum Gasteiger partial charge on any atom is 0.288 e. The van der Waals surface area contributed by atoms with Crippen LogP contribution in [0.5, 0.6) is 0 Å². The first-order valence-electron chi connectivity index (χ1n) is 11.4. The van der Waals surface area contributed by atoms with E-state index in [1.807, 2.05) is 0 Å².